The Bertz CT molecular complexity index is 670. The number of hydrogen-bond acceptors (Lipinski definition) is 3. The number of nitrogens with two attached hydrogens (primary N) is 1. The van der Waals surface area contributed by atoms with Gasteiger partial charge in [0.1, 0.15) is 11.5 Å². The summed E-state index contributed by atoms with van der Waals surface area (Å²) in [4.78, 5) is 0. The van der Waals surface area contributed by atoms with Crippen molar-refractivity contribution in [2.75, 3.05) is 20.8 Å². The summed E-state index contributed by atoms with van der Waals surface area (Å²) in [6.45, 7) is 0.716. The molecule has 0 amide bonds. The highest BCUT2D eigenvalue weighted by molar-refractivity contribution is 5.84. The summed E-state index contributed by atoms with van der Waals surface area (Å²) in [6, 6.07) is 12.8. The lowest BCUT2D eigenvalue weighted by Crippen LogP contribution is -2.14. The quantitative estimate of drug-likeness (QED) is 0.940. The zero-order valence-corrected chi connectivity index (χ0v) is 12.3. The second-order valence-corrected chi connectivity index (χ2v) is 5.93. The van der Waals surface area contributed by atoms with Crippen LogP contribution in [0.3, 0.4) is 0 Å². The van der Waals surface area contributed by atoms with Crippen LogP contribution < -0.4 is 15.2 Å². The summed E-state index contributed by atoms with van der Waals surface area (Å²) >= 11 is 0. The molecule has 0 aromatic heterocycles. The van der Waals surface area contributed by atoms with Crippen LogP contribution in [0.25, 0.3) is 11.1 Å². The van der Waals surface area contributed by atoms with E-state index in [4.69, 9.17) is 15.2 Å². The first-order valence-corrected chi connectivity index (χ1v) is 7.32. The maximum absolute atomic E-state index is 5.98. The van der Waals surface area contributed by atoms with E-state index in [2.05, 4.69) is 24.3 Å². The van der Waals surface area contributed by atoms with Crippen molar-refractivity contribution in [2.24, 2.45) is 11.7 Å². The normalized spacial score (nSPS) is 20.0. The highest BCUT2D eigenvalue weighted by atomic mass is 16.5. The zero-order valence-electron chi connectivity index (χ0n) is 12.3. The topological polar surface area (TPSA) is 44.5 Å². The van der Waals surface area contributed by atoms with E-state index in [1.165, 1.54) is 22.3 Å². The number of methoxy groups -OCH3 is 2. The van der Waals surface area contributed by atoms with Crippen LogP contribution in [-0.4, -0.2) is 20.8 Å². The predicted molar refractivity (Wildman–Crippen MR) is 82.9 cm³/mol. The van der Waals surface area contributed by atoms with E-state index in [-0.39, 0.29) is 5.41 Å². The van der Waals surface area contributed by atoms with E-state index in [0.29, 0.717) is 12.5 Å². The van der Waals surface area contributed by atoms with Crippen LogP contribution in [0, 0.1) is 5.92 Å². The molecule has 1 spiro atoms. The minimum atomic E-state index is 0.0719. The molecular weight excluding hydrogens is 262 g/mol. The maximum atomic E-state index is 5.98. The molecule has 0 bridgehead atoms. The van der Waals surface area contributed by atoms with Gasteiger partial charge in [-0.1, -0.05) is 12.1 Å². The molecule has 2 aromatic rings. The molecule has 1 saturated carbocycles. The fourth-order valence-electron chi connectivity index (χ4n) is 3.93. The van der Waals surface area contributed by atoms with E-state index in [0.717, 1.165) is 17.9 Å². The average Bonchev–Trinajstić information content (AvgIpc) is 3.22. The van der Waals surface area contributed by atoms with Gasteiger partial charge in [0.05, 0.1) is 14.2 Å². The number of rotatable bonds is 3. The molecule has 2 N–H and O–H groups in total. The van der Waals surface area contributed by atoms with Gasteiger partial charge in [-0.3, -0.25) is 0 Å². The van der Waals surface area contributed by atoms with Crippen molar-refractivity contribution in [1.29, 1.82) is 0 Å². The summed E-state index contributed by atoms with van der Waals surface area (Å²) in [5.41, 5.74) is 11.4. The molecule has 3 heteroatoms. The smallest absolute Gasteiger partial charge is 0.119 e. The Morgan fingerprint density at radius 3 is 1.90 bits per heavy atom. The first-order chi connectivity index (χ1) is 10.2. The van der Waals surface area contributed by atoms with E-state index in [1.807, 2.05) is 12.1 Å². The van der Waals surface area contributed by atoms with Crippen LogP contribution in [0.15, 0.2) is 36.4 Å². The van der Waals surface area contributed by atoms with Crippen LogP contribution in [0.1, 0.15) is 17.5 Å². The third kappa shape index (κ3) is 1.52. The van der Waals surface area contributed by atoms with Gasteiger partial charge in [0, 0.05) is 5.41 Å². The molecule has 0 aliphatic heterocycles. The summed E-state index contributed by atoms with van der Waals surface area (Å²) in [5, 5.41) is 0. The van der Waals surface area contributed by atoms with Crippen molar-refractivity contribution in [3.05, 3.63) is 47.5 Å². The molecule has 3 nitrogen and oxygen atoms in total. The average molecular weight is 281 g/mol. The van der Waals surface area contributed by atoms with E-state index < -0.39 is 0 Å². The maximum Gasteiger partial charge on any atom is 0.119 e. The number of ether oxygens (including phenoxy) is 2. The Balaban J connectivity index is 1.96. The van der Waals surface area contributed by atoms with Crippen LogP contribution in [-0.2, 0) is 5.41 Å². The molecule has 2 aliphatic carbocycles. The van der Waals surface area contributed by atoms with Crippen LogP contribution in [0.5, 0.6) is 11.5 Å². The summed E-state index contributed by atoms with van der Waals surface area (Å²) in [6.07, 6.45) is 1.11. The summed E-state index contributed by atoms with van der Waals surface area (Å²) in [5.74, 6) is 2.34. The molecule has 0 radical (unpaired) electrons. The predicted octanol–water partition coefficient (Wildman–Crippen LogP) is 2.95. The molecule has 2 aliphatic rings. The first-order valence-electron chi connectivity index (χ1n) is 7.32. The van der Waals surface area contributed by atoms with E-state index in [1.54, 1.807) is 14.2 Å². The van der Waals surface area contributed by atoms with Crippen molar-refractivity contribution in [1.82, 2.24) is 0 Å². The molecular formula is C18H19NO2. The fraction of sp³-hybridized carbons (Fsp3) is 0.333. The third-order valence-corrected chi connectivity index (χ3v) is 5.09. The first kappa shape index (κ1) is 12.7. The van der Waals surface area contributed by atoms with Crippen LogP contribution in [0.4, 0.5) is 0 Å². The largest absolute Gasteiger partial charge is 0.497 e. The molecule has 0 heterocycles. The molecule has 1 atom stereocenters. The Morgan fingerprint density at radius 2 is 1.52 bits per heavy atom. The lowest BCUT2D eigenvalue weighted by Gasteiger charge is -2.15. The van der Waals surface area contributed by atoms with Gasteiger partial charge < -0.3 is 15.2 Å². The molecule has 1 fully saturated rings. The standard InChI is InChI=1S/C18H19NO2/c1-20-12-3-5-14-15-6-4-13(21-2)8-17(15)18(16(14)7-12)9-11(18)10-19/h3-8,11H,9-10,19H2,1-2H3. The van der Waals surface area contributed by atoms with Gasteiger partial charge >= 0.3 is 0 Å². The summed E-state index contributed by atoms with van der Waals surface area (Å²) in [7, 11) is 3.43. The number of benzene rings is 2. The van der Waals surface area contributed by atoms with Crippen molar-refractivity contribution in [3.63, 3.8) is 0 Å². The summed E-state index contributed by atoms with van der Waals surface area (Å²) < 4.78 is 10.8. The second-order valence-electron chi connectivity index (χ2n) is 5.93. The molecule has 0 saturated heterocycles. The van der Waals surface area contributed by atoms with Crippen molar-refractivity contribution < 1.29 is 9.47 Å². The molecule has 4 rings (SSSR count). The van der Waals surface area contributed by atoms with Gasteiger partial charge in [0.15, 0.2) is 0 Å². The van der Waals surface area contributed by atoms with Crippen LogP contribution in [0.2, 0.25) is 0 Å². The minimum absolute atomic E-state index is 0.0719. The highest BCUT2D eigenvalue weighted by Gasteiger charge is 2.60. The number of fused-ring (bicyclic) bond motifs is 5. The van der Waals surface area contributed by atoms with Crippen molar-refractivity contribution >= 4 is 0 Å². The Hall–Kier alpha value is -2.00. The zero-order chi connectivity index (χ0) is 14.6. The van der Waals surface area contributed by atoms with Crippen molar-refractivity contribution in [3.8, 4) is 22.6 Å². The highest BCUT2D eigenvalue weighted by Crippen LogP contribution is 2.66. The SMILES string of the molecule is COc1ccc2c(c1)C1(CC1CN)c1cc(OC)ccc1-2. The van der Waals surface area contributed by atoms with Gasteiger partial charge in [0.2, 0.25) is 0 Å². The molecule has 108 valence electrons. The van der Waals surface area contributed by atoms with Gasteiger partial charge in [-0.15, -0.1) is 0 Å². The second kappa shape index (κ2) is 4.25. The molecule has 2 aromatic carbocycles. The number of hydrogen-bond donors (Lipinski definition) is 1. The Labute approximate surface area is 124 Å². The van der Waals surface area contributed by atoms with Crippen molar-refractivity contribution in [2.45, 2.75) is 11.8 Å². The van der Waals surface area contributed by atoms with Gasteiger partial charge in [0.25, 0.3) is 0 Å². The lowest BCUT2D eigenvalue weighted by molar-refractivity contribution is 0.413. The van der Waals surface area contributed by atoms with Gasteiger partial charge in [-0.05, 0) is 65.4 Å². The van der Waals surface area contributed by atoms with E-state index in [9.17, 15) is 0 Å². The molecule has 21 heavy (non-hydrogen) atoms. The monoisotopic (exact) mass is 281 g/mol. The Morgan fingerprint density at radius 1 is 1.00 bits per heavy atom. The lowest BCUT2D eigenvalue weighted by atomic mass is 9.90. The third-order valence-electron chi connectivity index (χ3n) is 5.09. The van der Waals surface area contributed by atoms with Gasteiger partial charge in [-0.2, -0.15) is 0 Å². The Kier molecular flexibility index (Phi) is 2.57. The van der Waals surface area contributed by atoms with E-state index >= 15 is 0 Å². The fourth-order valence-corrected chi connectivity index (χ4v) is 3.93. The molecule has 1 unspecified atom stereocenters. The minimum Gasteiger partial charge on any atom is -0.497 e. The van der Waals surface area contributed by atoms with Crippen LogP contribution >= 0.6 is 0 Å². The van der Waals surface area contributed by atoms with Gasteiger partial charge in [-0.25, -0.2) is 0 Å².